The standard InChI is InChI=1S/C14H22FN3/c1-16-14(11-3-5-12(15)6-4-11)9-13-10-17-7-8-18(13)2/h3-6,13-14,16-17H,7-10H2,1-2H3. The Morgan fingerprint density at radius 3 is 2.78 bits per heavy atom. The van der Waals surface area contributed by atoms with Gasteiger partial charge in [-0.2, -0.15) is 0 Å². The van der Waals surface area contributed by atoms with Gasteiger partial charge in [0.05, 0.1) is 0 Å². The average Bonchev–Trinajstić information content (AvgIpc) is 2.39. The second-order valence-electron chi connectivity index (χ2n) is 4.97. The van der Waals surface area contributed by atoms with Crippen molar-refractivity contribution < 1.29 is 4.39 Å². The van der Waals surface area contributed by atoms with Crippen molar-refractivity contribution in [3.63, 3.8) is 0 Å². The van der Waals surface area contributed by atoms with Crippen LogP contribution in [0.1, 0.15) is 18.0 Å². The second kappa shape index (κ2) is 6.27. The van der Waals surface area contributed by atoms with Crippen LogP contribution in [0.5, 0.6) is 0 Å². The minimum atomic E-state index is -0.176. The minimum absolute atomic E-state index is 0.176. The van der Waals surface area contributed by atoms with Gasteiger partial charge in [-0.05, 0) is 38.2 Å². The first-order chi connectivity index (χ1) is 8.70. The Kier molecular flexibility index (Phi) is 4.69. The first-order valence-corrected chi connectivity index (χ1v) is 6.54. The third-order valence-electron chi connectivity index (χ3n) is 3.77. The van der Waals surface area contributed by atoms with E-state index in [9.17, 15) is 4.39 Å². The van der Waals surface area contributed by atoms with Crippen molar-refractivity contribution in [1.29, 1.82) is 0 Å². The van der Waals surface area contributed by atoms with Crippen LogP contribution in [0.25, 0.3) is 0 Å². The van der Waals surface area contributed by atoms with Crippen LogP contribution in [0.15, 0.2) is 24.3 Å². The first kappa shape index (κ1) is 13.5. The summed E-state index contributed by atoms with van der Waals surface area (Å²) in [6, 6.07) is 7.60. The van der Waals surface area contributed by atoms with Gasteiger partial charge in [0.15, 0.2) is 0 Å². The van der Waals surface area contributed by atoms with E-state index in [0.29, 0.717) is 6.04 Å². The molecule has 4 heteroatoms. The molecule has 1 aromatic carbocycles. The van der Waals surface area contributed by atoms with Crippen molar-refractivity contribution in [3.8, 4) is 0 Å². The van der Waals surface area contributed by atoms with Crippen molar-refractivity contribution in [2.75, 3.05) is 33.7 Å². The highest BCUT2D eigenvalue weighted by molar-refractivity contribution is 5.20. The maximum absolute atomic E-state index is 12.9. The molecule has 2 atom stereocenters. The molecule has 0 amide bonds. The van der Waals surface area contributed by atoms with E-state index in [0.717, 1.165) is 31.6 Å². The highest BCUT2D eigenvalue weighted by Gasteiger charge is 2.22. The van der Waals surface area contributed by atoms with E-state index in [1.807, 2.05) is 19.2 Å². The normalized spacial score (nSPS) is 22.9. The maximum atomic E-state index is 12.9. The Bertz CT molecular complexity index is 366. The van der Waals surface area contributed by atoms with Crippen LogP contribution in [0.4, 0.5) is 4.39 Å². The number of nitrogens with zero attached hydrogens (tertiary/aromatic N) is 1. The quantitative estimate of drug-likeness (QED) is 0.846. The van der Waals surface area contributed by atoms with Gasteiger partial charge in [-0.1, -0.05) is 12.1 Å². The van der Waals surface area contributed by atoms with Crippen LogP contribution in [0.2, 0.25) is 0 Å². The summed E-state index contributed by atoms with van der Waals surface area (Å²) in [5.41, 5.74) is 1.15. The zero-order chi connectivity index (χ0) is 13.0. The van der Waals surface area contributed by atoms with Crippen molar-refractivity contribution in [2.24, 2.45) is 0 Å². The first-order valence-electron chi connectivity index (χ1n) is 6.54. The minimum Gasteiger partial charge on any atom is -0.314 e. The molecule has 0 radical (unpaired) electrons. The molecule has 0 aliphatic carbocycles. The molecule has 1 heterocycles. The molecule has 1 fully saturated rings. The Balaban J connectivity index is 2.02. The summed E-state index contributed by atoms with van der Waals surface area (Å²) in [5.74, 6) is -0.176. The Morgan fingerprint density at radius 1 is 1.44 bits per heavy atom. The van der Waals surface area contributed by atoms with Crippen LogP contribution in [0.3, 0.4) is 0 Å². The number of hydrogen-bond acceptors (Lipinski definition) is 3. The number of likely N-dealkylation sites (N-methyl/N-ethyl adjacent to an activating group) is 1. The van der Waals surface area contributed by atoms with E-state index in [2.05, 4.69) is 22.6 Å². The summed E-state index contributed by atoms with van der Waals surface area (Å²) in [5, 5.41) is 6.75. The number of halogens is 1. The molecule has 3 nitrogen and oxygen atoms in total. The lowest BCUT2D eigenvalue weighted by atomic mass is 9.97. The van der Waals surface area contributed by atoms with E-state index in [1.54, 1.807) is 0 Å². The van der Waals surface area contributed by atoms with E-state index in [4.69, 9.17) is 0 Å². The molecule has 2 unspecified atom stereocenters. The van der Waals surface area contributed by atoms with Crippen LogP contribution in [-0.2, 0) is 0 Å². The Hall–Kier alpha value is -0.970. The number of piperazine rings is 1. The Labute approximate surface area is 108 Å². The summed E-state index contributed by atoms with van der Waals surface area (Å²) >= 11 is 0. The zero-order valence-corrected chi connectivity index (χ0v) is 11.1. The van der Waals surface area contributed by atoms with Gasteiger partial charge in [0.25, 0.3) is 0 Å². The molecule has 0 saturated carbocycles. The van der Waals surface area contributed by atoms with Crippen LogP contribution in [0, 0.1) is 5.82 Å². The summed E-state index contributed by atoms with van der Waals surface area (Å²) in [4.78, 5) is 2.39. The molecular formula is C14H22FN3. The van der Waals surface area contributed by atoms with Crippen molar-refractivity contribution in [1.82, 2.24) is 15.5 Å². The Morgan fingerprint density at radius 2 is 2.17 bits per heavy atom. The van der Waals surface area contributed by atoms with Gasteiger partial charge in [0.1, 0.15) is 5.82 Å². The van der Waals surface area contributed by atoms with Gasteiger partial charge in [0, 0.05) is 31.7 Å². The number of rotatable bonds is 4. The average molecular weight is 251 g/mol. The largest absolute Gasteiger partial charge is 0.314 e. The molecule has 1 saturated heterocycles. The summed E-state index contributed by atoms with van der Waals surface area (Å²) in [6.07, 6.45) is 1.03. The predicted molar refractivity (Wildman–Crippen MR) is 72.1 cm³/mol. The van der Waals surface area contributed by atoms with Gasteiger partial charge in [-0.15, -0.1) is 0 Å². The molecule has 0 aromatic heterocycles. The molecule has 1 aliphatic heterocycles. The summed E-state index contributed by atoms with van der Waals surface area (Å²) in [7, 11) is 4.13. The predicted octanol–water partition coefficient (Wildman–Crippen LogP) is 1.38. The van der Waals surface area contributed by atoms with Gasteiger partial charge in [-0.25, -0.2) is 4.39 Å². The monoisotopic (exact) mass is 251 g/mol. The fraction of sp³-hybridized carbons (Fsp3) is 0.571. The second-order valence-corrected chi connectivity index (χ2v) is 4.97. The van der Waals surface area contributed by atoms with Crippen LogP contribution in [-0.4, -0.2) is 44.7 Å². The molecular weight excluding hydrogens is 229 g/mol. The molecule has 2 rings (SSSR count). The number of nitrogens with one attached hydrogen (secondary N) is 2. The van der Waals surface area contributed by atoms with Crippen LogP contribution >= 0.6 is 0 Å². The van der Waals surface area contributed by atoms with Crippen molar-refractivity contribution >= 4 is 0 Å². The van der Waals surface area contributed by atoms with E-state index < -0.39 is 0 Å². The van der Waals surface area contributed by atoms with E-state index in [1.165, 1.54) is 12.1 Å². The van der Waals surface area contributed by atoms with Crippen LogP contribution < -0.4 is 10.6 Å². The fourth-order valence-corrected chi connectivity index (χ4v) is 2.51. The fourth-order valence-electron chi connectivity index (χ4n) is 2.51. The summed E-state index contributed by atoms with van der Waals surface area (Å²) in [6.45, 7) is 3.17. The third-order valence-corrected chi connectivity index (χ3v) is 3.77. The lowest BCUT2D eigenvalue weighted by Gasteiger charge is -2.35. The number of hydrogen-bond donors (Lipinski definition) is 2. The molecule has 2 N–H and O–H groups in total. The van der Waals surface area contributed by atoms with Gasteiger partial charge >= 0.3 is 0 Å². The molecule has 18 heavy (non-hydrogen) atoms. The van der Waals surface area contributed by atoms with Crippen molar-refractivity contribution in [3.05, 3.63) is 35.6 Å². The van der Waals surface area contributed by atoms with Gasteiger partial charge in [-0.3, -0.25) is 0 Å². The molecule has 0 spiro atoms. The smallest absolute Gasteiger partial charge is 0.123 e. The third kappa shape index (κ3) is 3.28. The molecule has 100 valence electrons. The van der Waals surface area contributed by atoms with Gasteiger partial charge < -0.3 is 15.5 Å². The van der Waals surface area contributed by atoms with Crippen molar-refractivity contribution in [2.45, 2.75) is 18.5 Å². The van der Waals surface area contributed by atoms with Gasteiger partial charge in [0.2, 0.25) is 0 Å². The molecule has 0 bridgehead atoms. The SMILES string of the molecule is CNC(CC1CNCCN1C)c1ccc(F)cc1. The van der Waals surface area contributed by atoms with E-state index >= 15 is 0 Å². The maximum Gasteiger partial charge on any atom is 0.123 e. The highest BCUT2D eigenvalue weighted by Crippen LogP contribution is 2.21. The molecule has 1 aromatic rings. The van der Waals surface area contributed by atoms with E-state index in [-0.39, 0.29) is 11.9 Å². The molecule has 1 aliphatic rings. The summed E-state index contributed by atoms with van der Waals surface area (Å²) < 4.78 is 12.9. The zero-order valence-electron chi connectivity index (χ0n) is 11.1. The number of benzene rings is 1. The lowest BCUT2D eigenvalue weighted by Crippen LogP contribution is -2.50. The topological polar surface area (TPSA) is 27.3 Å². The highest BCUT2D eigenvalue weighted by atomic mass is 19.1. The lowest BCUT2D eigenvalue weighted by molar-refractivity contribution is 0.178.